The van der Waals surface area contributed by atoms with Gasteiger partial charge in [0.2, 0.25) is 0 Å². The Labute approximate surface area is 66.5 Å². The molecule has 1 aromatic rings. The summed E-state index contributed by atoms with van der Waals surface area (Å²) in [7, 11) is 0. The maximum Gasteiger partial charge on any atom is 0.339 e. The summed E-state index contributed by atoms with van der Waals surface area (Å²) in [6.45, 7) is 0. The second kappa shape index (κ2) is 2.22. The first-order valence-corrected chi connectivity index (χ1v) is 3.18. The third-order valence-electron chi connectivity index (χ3n) is 1.39. The summed E-state index contributed by atoms with van der Waals surface area (Å²) in [5.41, 5.74) is 4.51. The predicted molar refractivity (Wildman–Crippen MR) is 38.2 cm³/mol. The number of aromatic amines is 1. The second-order valence-corrected chi connectivity index (χ2v) is 2.16. The molecule has 0 atom stereocenters. The first-order chi connectivity index (χ1) is 5.77. The Bertz CT molecular complexity index is 343. The normalized spacial score (nSPS) is 15.3. The lowest BCUT2D eigenvalue weighted by atomic mass is 10.4. The van der Waals surface area contributed by atoms with Crippen molar-refractivity contribution in [1.82, 2.24) is 20.8 Å². The Morgan fingerprint density at radius 2 is 2.08 bits per heavy atom. The Kier molecular flexibility index (Phi) is 1.23. The van der Waals surface area contributed by atoms with Gasteiger partial charge in [-0.2, -0.15) is 0 Å². The summed E-state index contributed by atoms with van der Waals surface area (Å²) < 4.78 is 0. The first kappa shape index (κ1) is 6.65. The molecule has 0 saturated carbocycles. The van der Waals surface area contributed by atoms with E-state index in [-0.39, 0.29) is 11.5 Å². The smallest absolute Gasteiger partial charge is 0.339 e. The van der Waals surface area contributed by atoms with Crippen LogP contribution in [-0.4, -0.2) is 21.9 Å². The minimum Gasteiger partial charge on any atom is -0.339 e. The summed E-state index contributed by atoms with van der Waals surface area (Å²) in [6, 6.07) is -0.519. The van der Waals surface area contributed by atoms with E-state index in [1.165, 1.54) is 6.33 Å². The number of rotatable bonds is 0. The quantitative estimate of drug-likeness (QED) is 0.406. The van der Waals surface area contributed by atoms with E-state index in [0.717, 1.165) is 0 Å². The third-order valence-corrected chi connectivity index (χ3v) is 1.39. The van der Waals surface area contributed by atoms with Crippen LogP contribution >= 0.6 is 0 Å². The molecule has 3 amide bonds. The molecule has 7 nitrogen and oxygen atoms in total. The zero-order chi connectivity index (χ0) is 8.55. The van der Waals surface area contributed by atoms with Gasteiger partial charge >= 0.3 is 6.03 Å². The highest BCUT2D eigenvalue weighted by Gasteiger charge is 2.20. The summed E-state index contributed by atoms with van der Waals surface area (Å²) in [5.74, 6) is -0.205. The number of anilines is 1. The van der Waals surface area contributed by atoms with Crippen LogP contribution in [-0.2, 0) is 0 Å². The van der Waals surface area contributed by atoms with Crippen LogP contribution in [0.15, 0.2) is 6.33 Å². The fourth-order valence-corrected chi connectivity index (χ4v) is 0.877. The van der Waals surface area contributed by atoms with Gasteiger partial charge < -0.3 is 4.98 Å². The van der Waals surface area contributed by atoms with Gasteiger partial charge in [0.1, 0.15) is 0 Å². The molecule has 0 aromatic carbocycles. The third kappa shape index (κ3) is 0.875. The number of hydrazine groups is 1. The number of imidazole rings is 1. The Morgan fingerprint density at radius 3 is 2.92 bits per heavy atom. The standard InChI is InChI=1S/C5H5N5O2/c11-4-2-3(7-1-6-2)8-5(12)10-9-4/h1H,(H,6,7)(H,9,11)(H2,8,10,12). The summed E-state index contributed by atoms with van der Waals surface area (Å²) in [6.07, 6.45) is 1.33. The van der Waals surface area contributed by atoms with Crippen molar-refractivity contribution in [1.29, 1.82) is 0 Å². The van der Waals surface area contributed by atoms with Gasteiger partial charge in [0.05, 0.1) is 6.33 Å². The Balaban J connectivity index is 2.45. The van der Waals surface area contributed by atoms with Crippen LogP contribution in [0.25, 0.3) is 0 Å². The molecular formula is C5H5N5O2. The van der Waals surface area contributed by atoms with Crippen molar-refractivity contribution in [3.05, 3.63) is 12.0 Å². The number of nitrogens with zero attached hydrogens (tertiary/aromatic N) is 1. The van der Waals surface area contributed by atoms with Crippen LogP contribution in [0.5, 0.6) is 0 Å². The zero-order valence-electron chi connectivity index (χ0n) is 5.84. The molecule has 4 N–H and O–H groups in total. The van der Waals surface area contributed by atoms with Crippen molar-refractivity contribution in [2.45, 2.75) is 0 Å². The monoisotopic (exact) mass is 167 g/mol. The number of carbonyl (C=O) groups is 2. The summed E-state index contributed by atoms with van der Waals surface area (Å²) in [5, 5.41) is 2.36. The van der Waals surface area contributed by atoms with E-state index in [0.29, 0.717) is 0 Å². The highest BCUT2D eigenvalue weighted by atomic mass is 16.2. The van der Waals surface area contributed by atoms with Crippen LogP contribution in [0.1, 0.15) is 10.5 Å². The van der Waals surface area contributed by atoms with E-state index in [1.54, 1.807) is 0 Å². The lowest BCUT2D eigenvalue weighted by Gasteiger charge is -1.98. The average molecular weight is 167 g/mol. The number of fused-ring (bicyclic) bond motifs is 1. The van der Waals surface area contributed by atoms with Gasteiger partial charge in [-0.1, -0.05) is 0 Å². The number of urea groups is 1. The number of hydrogen-bond donors (Lipinski definition) is 4. The number of amides is 3. The summed E-state index contributed by atoms with van der Waals surface area (Å²) in [4.78, 5) is 28.2. The fourth-order valence-electron chi connectivity index (χ4n) is 0.877. The molecule has 0 spiro atoms. The fraction of sp³-hybridized carbons (Fsp3) is 0. The molecule has 12 heavy (non-hydrogen) atoms. The van der Waals surface area contributed by atoms with Gasteiger partial charge in [0.25, 0.3) is 5.91 Å². The Morgan fingerprint density at radius 1 is 1.25 bits per heavy atom. The minimum absolute atomic E-state index is 0.225. The van der Waals surface area contributed by atoms with Gasteiger partial charge in [-0.15, -0.1) is 0 Å². The van der Waals surface area contributed by atoms with Crippen LogP contribution in [0.4, 0.5) is 10.6 Å². The van der Waals surface area contributed by atoms with E-state index in [1.807, 2.05) is 0 Å². The van der Waals surface area contributed by atoms with E-state index in [2.05, 4.69) is 26.1 Å². The van der Waals surface area contributed by atoms with E-state index >= 15 is 0 Å². The lowest BCUT2D eigenvalue weighted by Crippen LogP contribution is -2.41. The number of hydrogen-bond acceptors (Lipinski definition) is 3. The predicted octanol–water partition coefficient (Wildman–Crippen LogP) is -0.810. The molecule has 0 bridgehead atoms. The molecule has 1 aliphatic heterocycles. The van der Waals surface area contributed by atoms with Crippen LogP contribution in [0, 0.1) is 0 Å². The van der Waals surface area contributed by atoms with Crippen molar-refractivity contribution in [2.75, 3.05) is 5.32 Å². The highest BCUT2D eigenvalue weighted by molar-refractivity contribution is 6.04. The molecule has 1 aliphatic rings. The van der Waals surface area contributed by atoms with Crippen molar-refractivity contribution in [3.63, 3.8) is 0 Å². The molecule has 2 heterocycles. The van der Waals surface area contributed by atoms with E-state index in [9.17, 15) is 9.59 Å². The van der Waals surface area contributed by atoms with E-state index < -0.39 is 11.9 Å². The lowest BCUT2D eigenvalue weighted by molar-refractivity contribution is 0.0937. The first-order valence-electron chi connectivity index (χ1n) is 3.18. The van der Waals surface area contributed by atoms with Crippen molar-refractivity contribution >= 4 is 17.8 Å². The molecule has 1 aromatic heterocycles. The van der Waals surface area contributed by atoms with Crippen molar-refractivity contribution < 1.29 is 9.59 Å². The average Bonchev–Trinajstić information content (AvgIpc) is 2.44. The maximum absolute atomic E-state index is 11.1. The number of carbonyl (C=O) groups excluding carboxylic acids is 2. The van der Waals surface area contributed by atoms with Gasteiger partial charge in [0.15, 0.2) is 11.5 Å². The van der Waals surface area contributed by atoms with Crippen LogP contribution in [0.3, 0.4) is 0 Å². The highest BCUT2D eigenvalue weighted by Crippen LogP contribution is 2.09. The summed E-state index contributed by atoms with van der Waals surface area (Å²) >= 11 is 0. The largest absolute Gasteiger partial charge is 0.339 e. The van der Waals surface area contributed by atoms with Crippen molar-refractivity contribution in [2.24, 2.45) is 0 Å². The minimum atomic E-state index is -0.519. The number of H-pyrrole nitrogens is 1. The molecule has 0 unspecified atom stereocenters. The molecule has 0 radical (unpaired) electrons. The van der Waals surface area contributed by atoms with Crippen LogP contribution in [0.2, 0.25) is 0 Å². The molecule has 0 saturated heterocycles. The molecule has 0 aliphatic carbocycles. The van der Waals surface area contributed by atoms with E-state index in [4.69, 9.17) is 0 Å². The van der Waals surface area contributed by atoms with Gasteiger partial charge in [-0.05, 0) is 0 Å². The number of aromatic nitrogens is 2. The SMILES string of the molecule is O=C1NNC(=O)c2[nH]cnc2N1. The molecular weight excluding hydrogens is 162 g/mol. The Hall–Kier alpha value is -2.05. The molecule has 2 rings (SSSR count). The topological polar surface area (TPSA) is 98.9 Å². The number of nitrogens with one attached hydrogen (secondary N) is 4. The molecule has 62 valence electrons. The second-order valence-electron chi connectivity index (χ2n) is 2.16. The zero-order valence-corrected chi connectivity index (χ0v) is 5.84. The van der Waals surface area contributed by atoms with Gasteiger partial charge in [0, 0.05) is 0 Å². The van der Waals surface area contributed by atoms with Gasteiger partial charge in [-0.25, -0.2) is 15.2 Å². The van der Waals surface area contributed by atoms with Crippen LogP contribution < -0.4 is 16.2 Å². The van der Waals surface area contributed by atoms with Crippen molar-refractivity contribution in [3.8, 4) is 0 Å². The molecule has 0 fully saturated rings. The molecule has 7 heteroatoms. The maximum atomic E-state index is 11.1. The van der Waals surface area contributed by atoms with Gasteiger partial charge in [-0.3, -0.25) is 15.5 Å².